The Morgan fingerprint density at radius 2 is 1.92 bits per heavy atom. The van der Waals surface area contributed by atoms with Crippen molar-refractivity contribution in [2.45, 2.75) is 38.4 Å². The number of benzene rings is 1. The molecule has 39 heavy (non-hydrogen) atoms. The summed E-state index contributed by atoms with van der Waals surface area (Å²) in [4.78, 5) is 36.0. The van der Waals surface area contributed by atoms with Crippen LogP contribution in [0.4, 0.5) is 18.9 Å². The van der Waals surface area contributed by atoms with Crippen molar-refractivity contribution in [1.29, 1.82) is 0 Å². The Kier molecular flexibility index (Phi) is 8.25. The molecule has 8 nitrogen and oxygen atoms in total. The number of pyridine rings is 1. The van der Waals surface area contributed by atoms with Crippen LogP contribution in [0, 0.1) is 5.92 Å². The van der Waals surface area contributed by atoms with Crippen LogP contribution in [0.1, 0.15) is 47.3 Å². The van der Waals surface area contributed by atoms with Gasteiger partial charge >= 0.3 is 6.18 Å². The third kappa shape index (κ3) is 6.81. The lowest BCUT2D eigenvalue weighted by molar-refractivity contribution is -0.140. The van der Waals surface area contributed by atoms with Crippen LogP contribution in [-0.2, 0) is 17.5 Å². The van der Waals surface area contributed by atoms with Crippen molar-refractivity contribution in [3.05, 3.63) is 53.3 Å². The number of likely N-dealkylation sites (tertiary alicyclic amines) is 1. The van der Waals surface area contributed by atoms with E-state index in [2.05, 4.69) is 15.2 Å². The lowest BCUT2D eigenvalue weighted by Gasteiger charge is -2.27. The first-order valence-electron chi connectivity index (χ1n) is 13.6. The Bertz CT molecular complexity index is 1180. The van der Waals surface area contributed by atoms with E-state index >= 15 is 0 Å². The van der Waals surface area contributed by atoms with E-state index in [0.717, 1.165) is 51.4 Å². The zero-order chi connectivity index (χ0) is 27.4. The highest BCUT2D eigenvalue weighted by Crippen LogP contribution is 2.35. The second-order valence-electron chi connectivity index (χ2n) is 10.4. The van der Waals surface area contributed by atoms with E-state index in [1.54, 1.807) is 18.2 Å². The number of anilines is 1. The van der Waals surface area contributed by atoms with Gasteiger partial charge in [0.05, 0.1) is 42.1 Å². The fourth-order valence-corrected chi connectivity index (χ4v) is 5.16. The molecule has 0 spiro atoms. The maximum absolute atomic E-state index is 13.6. The minimum Gasteiger partial charge on any atom is -0.489 e. The highest BCUT2D eigenvalue weighted by atomic mass is 19.4. The van der Waals surface area contributed by atoms with Gasteiger partial charge in [0.2, 0.25) is 5.91 Å². The van der Waals surface area contributed by atoms with Crippen molar-refractivity contribution in [2.24, 2.45) is 5.92 Å². The number of rotatable bonds is 10. The van der Waals surface area contributed by atoms with Gasteiger partial charge < -0.3 is 24.8 Å². The van der Waals surface area contributed by atoms with Gasteiger partial charge in [-0.05, 0) is 69.0 Å². The van der Waals surface area contributed by atoms with Crippen LogP contribution in [0.25, 0.3) is 0 Å². The minimum atomic E-state index is -4.57. The molecule has 1 N–H and O–H groups in total. The van der Waals surface area contributed by atoms with Gasteiger partial charge in [0, 0.05) is 25.8 Å². The lowest BCUT2D eigenvalue weighted by atomic mass is 10.1. The molecular formula is C28H34F3N5O3. The predicted molar refractivity (Wildman–Crippen MR) is 139 cm³/mol. The first kappa shape index (κ1) is 27.2. The largest absolute Gasteiger partial charge is 0.489 e. The number of amides is 2. The number of nitrogens with one attached hydrogen (secondary N) is 1. The molecule has 3 aliphatic rings. The summed E-state index contributed by atoms with van der Waals surface area (Å²) in [5, 5.41) is 3.08. The Morgan fingerprint density at radius 3 is 2.67 bits per heavy atom. The molecule has 0 unspecified atom stereocenters. The Hall–Kier alpha value is -3.34. The summed E-state index contributed by atoms with van der Waals surface area (Å²) in [6, 6.07) is 7.44. The van der Waals surface area contributed by atoms with Crippen LogP contribution >= 0.6 is 0 Å². The first-order valence-corrected chi connectivity index (χ1v) is 13.6. The minimum absolute atomic E-state index is 0.0913. The van der Waals surface area contributed by atoms with E-state index < -0.39 is 11.7 Å². The van der Waals surface area contributed by atoms with E-state index in [9.17, 15) is 22.8 Å². The number of halogens is 3. The number of carbonyl (C=O) groups is 2. The van der Waals surface area contributed by atoms with E-state index in [1.807, 2.05) is 4.90 Å². The summed E-state index contributed by atoms with van der Waals surface area (Å²) >= 11 is 0. The van der Waals surface area contributed by atoms with Crippen molar-refractivity contribution in [3.8, 4) is 5.75 Å². The second-order valence-corrected chi connectivity index (χ2v) is 10.4. The van der Waals surface area contributed by atoms with Crippen molar-refractivity contribution in [3.63, 3.8) is 0 Å². The molecule has 1 aromatic heterocycles. The molecule has 1 aliphatic carbocycles. The van der Waals surface area contributed by atoms with Crippen molar-refractivity contribution >= 4 is 17.5 Å². The number of hydrogen-bond acceptors (Lipinski definition) is 6. The maximum atomic E-state index is 13.6. The third-order valence-corrected chi connectivity index (χ3v) is 7.52. The van der Waals surface area contributed by atoms with Crippen molar-refractivity contribution < 1.29 is 27.5 Å². The molecule has 0 bridgehead atoms. The SMILES string of the molecule is O=C(CNc1cccc2c1OCCN(CC1CC1)C2=O)N(CCN1CCCC1)Cc1ncccc1C(F)(F)F. The van der Waals surface area contributed by atoms with Crippen LogP contribution in [-0.4, -0.2) is 83.9 Å². The number of hydrogen-bond donors (Lipinski definition) is 1. The number of fused-ring (bicyclic) bond motifs is 1. The number of ether oxygens (including phenoxy) is 1. The summed E-state index contributed by atoms with van der Waals surface area (Å²) in [6.07, 6.45) is 1.17. The van der Waals surface area contributed by atoms with Gasteiger partial charge in [-0.2, -0.15) is 13.2 Å². The number of alkyl halides is 3. The summed E-state index contributed by atoms with van der Waals surface area (Å²) < 4.78 is 46.8. The van der Waals surface area contributed by atoms with E-state index in [4.69, 9.17) is 4.74 Å². The molecule has 2 fully saturated rings. The highest BCUT2D eigenvalue weighted by Gasteiger charge is 2.35. The zero-order valence-electron chi connectivity index (χ0n) is 21.9. The molecule has 2 aromatic rings. The van der Waals surface area contributed by atoms with Crippen LogP contribution < -0.4 is 10.1 Å². The summed E-state index contributed by atoms with van der Waals surface area (Å²) in [6.45, 7) is 3.85. The average molecular weight is 546 g/mol. The summed E-state index contributed by atoms with van der Waals surface area (Å²) in [5.41, 5.74) is -0.0680. The standard InChI is InChI=1S/C28H34F3N5O3/c29-28(30,31)22-6-4-10-32-24(22)19-35(14-13-34-11-1-2-12-34)25(37)17-33-23-7-3-5-21-26(23)39-16-15-36(27(21)38)18-20-8-9-20/h3-7,10,20,33H,1-2,8-9,11-19H2. The molecule has 0 atom stereocenters. The zero-order valence-corrected chi connectivity index (χ0v) is 21.9. The Balaban J connectivity index is 1.30. The maximum Gasteiger partial charge on any atom is 0.418 e. The number of aromatic nitrogens is 1. The molecule has 5 rings (SSSR count). The van der Waals surface area contributed by atoms with Gasteiger partial charge in [-0.3, -0.25) is 14.6 Å². The van der Waals surface area contributed by atoms with Gasteiger partial charge in [-0.1, -0.05) is 6.07 Å². The van der Waals surface area contributed by atoms with Gasteiger partial charge in [0.25, 0.3) is 5.91 Å². The van der Waals surface area contributed by atoms with E-state index in [1.165, 1.54) is 17.2 Å². The monoisotopic (exact) mass is 545 g/mol. The Labute approximate surface area is 226 Å². The smallest absolute Gasteiger partial charge is 0.418 e. The van der Waals surface area contributed by atoms with Crippen molar-refractivity contribution in [1.82, 2.24) is 19.7 Å². The number of para-hydroxylation sites is 1. The molecule has 11 heteroatoms. The highest BCUT2D eigenvalue weighted by molar-refractivity contribution is 5.99. The summed E-state index contributed by atoms with van der Waals surface area (Å²) in [5.74, 6) is 0.506. The van der Waals surface area contributed by atoms with Gasteiger partial charge in [-0.15, -0.1) is 0 Å². The van der Waals surface area contributed by atoms with Gasteiger partial charge in [-0.25, -0.2) is 0 Å². The lowest BCUT2D eigenvalue weighted by Crippen LogP contribution is -2.40. The van der Waals surface area contributed by atoms with Crippen LogP contribution in [0.15, 0.2) is 36.5 Å². The number of nitrogens with zero attached hydrogens (tertiary/aromatic N) is 4. The average Bonchev–Trinajstić information content (AvgIpc) is 3.62. The summed E-state index contributed by atoms with van der Waals surface area (Å²) in [7, 11) is 0. The fourth-order valence-electron chi connectivity index (χ4n) is 5.16. The quantitative estimate of drug-likeness (QED) is 0.489. The normalized spacial score (nSPS) is 17.9. The van der Waals surface area contributed by atoms with Crippen LogP contribution in [0.3, 0.4) is 0 Å². The molecule has 2 amide bonds. The van der Waals surface area contributed by atoms with Gasteiger partial charge in [0.1, 0.15) is 6.61 Å². The molecule has 1 aromatic carbocycles. The fraction of sp³-hybridized carbons (Fsp3) is 0.536. The molecule has 210 valence electrons. The molecule has 0 radical (unpaired) electrons. The molecule has 3 heterocycles. The van der Waals surface area contributed by atoms with E-state index in [-0.39, 0.29) is 37.1 Å². The topological polar surface area (TPSA) is 78.0 Å². The van der Waals surface area contributed by atoms with Gasteiger partial charge in [0.15, 0.2) is 5.75 Å². The molecule has 1 saturated carbocycles. The molecule has 1 saturated heterocycles. The van der Waals surface area contributed by atoms with E-state index in [0.29, 0.717) is 42.6 Å². The second kappa shape index (κ2) is 11.8. The Morgan fingerprint density at radius 1 is 1.13 bits per heavy atom. The third-order valence-electron chi connectivity index (χ3n) is 7.52. The first-order chi connectivity index (χ1) is 18.8. The molecule has 2 aliphatic heterocycles. The van der Waals surface area contributed by atoms with Crippen molar-refractivity contribution in [2.75, 3.05) is 57.7 Å². The number of carbonyl (C=O) groups excluding carboxylic acids is 2. The van der Waals surface area contributed by atoms with Crippen LogP contribution in [0.5, 0.6) is 5.75 Å². The molecular weight excluding hydrogens is 511 g/mol. The van der Waals surface area contributed by atoms with Crippen LogP contribution in [0.2, 0.25) is 0 Å². The predicted octanol–water partition coefficient (Wildman–Crippen LogP) is 3.88.